The lowest BCUT2D eigenvalue weighted by atomic mass is 9.90. The van der Waals surface area contributed by atoms with E-state index in [2.05, 4.69) is 5.32 Å². The van der Waals surface area contributed by atoms with E-state index >= 15 is 0 Å². The van der Waals surface area contributed by atoms with Crippen LogP contribution in [0.15, 0.2) is 0 Å². The zero-order chi connectivity index (χ0) is 12.7. The third-order valence-corrected chi connectivity index (χ3v) is 3.16. The summed E-state index contributed by atoms with van der Waals surface area (Å²) in [5, 5.41) is 20.8. The number of carbonyl (C=O) groups is 1. The van der Waals surface area contributed by atoms with Gasteiger partial charge in [0.2, 0.25) is 0 Å². The number of carbonyl (C=O) groups excluding carboxylic acids is 1. The predicted octanol–water partition coefficient (Wildman–Crippen LogP) is -0.890. The molecule has 1 saturated heterocycles. The molecule has 1 heterocycles. The fourth-order valence-corrected chi connectivity index (χ4v) is 2.39. The van der Waals surface area contributed by atoms with Crippen LogP contribution in [0, 0.1) is 5.92 Å². The van der Waals surface area contributed by atoms with E-state index in [-0.39, 0.29) is 19.3 Å². The van der Waals surface area contributed by atoms with Gasteiger partial charge in [-0.1, -0.05) is 0 Å². The molecule has 6 nitrogen and oxygen atoms in total. The van der Waals surface area contributed by atoms with Crippen molar-refractivity contribution in [2.75, 3.05) is 32.8 Å². The van der Waals surface area contributed by atoms with Gasteiger partial charge in [-0.15, -0.1) is 0 Å². The van der Waals surface area contributed by atoms with Gasteiger partial charge in [-0.25, -0.2) is 4.79 Å². The molecular weight excluding hydrogens is 222 g/mol. The van der Waals surface area contributed by atoms with Crippen LogP contribution in [-0.2, 0) is 0 Å². The van der Waals surface area contributed by atoms with Crippen LogP contribution in [0.4, 0.5) is 4.79 Å². The molecule has 0 aromatic carbocycles. The lowest BCUT2D eigenvalue weighted by Gasteiger charge is -2.37. The Morgan fingerprint density at radius 3 is 2.71 bits per heavy atom. The van der Waals surface area contributed by atoms with Crippen molar-refractivity contribution >= 4 is 6.03 Å². The molecule has 5 N–H and O–H groups in total. The van der Waals surface area contributed by atoms with Crippen molar-refractivity contribution in [3.8, 4) is 0 Å². The molecule has 1 aliphatic heterocycles. The Kier molecular flexibility index (Phi) is 6.25. The number of primary amides is 1. The lowest BCUT2D eigenvalue weighted by Crippen LogP contribution is -2.53. The van der Waals surface area contributed by atoms with Crippen molar-refractivity contribution in [2.24, 2.45) is 11.7 Å². The van der Waals surface area contributed by atoms with E-state index in [1.54, 1.807) is 4.90 Å². The number of nitrogens with two attached hydrogens (primary N) is 1. The summed E-state index contributed by atoms with van der Waals surface area (Å²) in [7, 11) is 0. The molecule has 0 spiro atoms. The molecule has 1 rings (SSSR count). The van der Waals surface area contributed by atoms with Gasteiger partial charge >= 0.3 is 6.03 Å². The van der Waals surface area contributed by atoms with Crippen molar-refractivity contribution in [1.29, 1.82) is 0 Å². The predicted molar refractivity (Wildman–Crippen MR) is 64.5 cm³/mol. The molecule has 2 atom stereocenters. The van der Waals surface area contributed by atoms with Crippen LogP contribution in [0.25, 0.3) is 0 Å². The van der Waals surface area contributed by atoms with Gasteiger partial charge in [0.25, 0.3) is 0 Å². The molecule has 100 valence electrons. The number of aliphatic hydroxyl groups excluding tert-OH is 2. The van der Waals surface area contributed by atoms with E-state index in [0.717, 1.165) is 19.3 Å². The molecule has 17 heavy (non-hydrogen) atoms. The SMILES string of the molecule is NC(=O)N1CC(CCCO)CC(NCCO)C1. The first-order valence-corrected chi connectivity index (χ1v) is 6.16. The summed E-state index contributed by atoms with van der Waals surface area (Å²) >= 11 is 0. The summed E-state index contributed by atoms with van der Waals surface area (Å²) < 4.78 is 0. The van der Waals surface area contributed by atoms with Gasteiger partial charge in [0.15, 0.2) is 0 Å². The molecule has 0 radical (unpaired) electrons. The maximum atomic E-state index is 11.2. The highest BCUT2D eigenvalue weighted by atomic mass is 16.3. The molecule has 1 fully saturated rings. The number of amides is 2. The fourth-order valence-electron chi connectivity index (χ4n) is 2.39. The molecule has 2 unspecified atom stereocenters. The van der Waals surface area contributed by atoms with Crippen LogP contribution in [0.2, 0.25) is 0 Å². The third-order valence-electron chi connectivity index (χ3n) is 3.16. The summed E-state index contributed by atoms with van der Waals surface area (Å²) in [5.74, 6) is 0.375. The van der Waals surface area contributed by atoms with Gasteiger partial charge in [0.1, 0.15) is 0 Å². The summed E-state index contributed by atoms with van der Waals surface area (Å²) in [5.41, 5.74) is 5.31. The largest absolute Gasteiger partial charge is 0.396 e. The minimum absolute atomic E-state index is 0.0916. The van der Waals surface area contributed by atoms with E-state index in [1.165, 1.54) is 0 Å². The van der Waals surface area contributed by atoms with Crippen LogP contribution in [0.5, 0.6) is 0 Å². The molecule has 0 bridgehead atoms. The Labute approximate surface area is 102 Å². The van der Waals surface area contributed by atoms with Gasteiger partial charge in [0, 0.05) is 32.3 Å². The number of urea groups is 1. The second-order valence-corrected chi connectivity index (χ2v) is 4.59. The summed E-state index contributed by atoms with van der Waals surface area (Å²) in [6.45, 7) is 2.08. The Bertz CT molecular complexity index is 222. The Morgan fingerprint density at radius 1 is 1.35 bits per heavy atom. The number of likely N-dealkylation sites (tertiary alicyclic amines) is 1. The van der Waals surface area contributed by atoms with Gasteiger partial charge in [0.05, 0.1) is 6.61 Å². The first kappa shape index (κ1) is 14.2. The number of piperidine rings is 1. The molecule has 0 aromatic rings. The van der Waals surface area contributed by atoms with Crippen LogP contribution < -0.4 is 11.1 Å². The Hall–Kier alpha value is -0.850. The normalized spacial score (nSPS) is 24.9. The van der Waals surface area contributed by atoms with E-state index < -0.39 is 6.03 Å². The first-order valence-electron chi connectivity index (χ1n) is 6.16. The van der Waals surface area contributed by atoms with E-state index in [9.17, 15) is 4.79 Å². The monoisotopic (exact) mass is 245 g/mol. The average Bonchev–Trinajstić information content (AvgIpc) is 2.33. The highest BCUT2D eigenvalue weighted by Crippen LogP contribution is 2.21. The quantitative estimate of drug-likeness (QED) is 0.488. The van der Waals surface area contributed by atoms with E-state index in [0.29, 0.717) is 25.6 Å². The molecule has 0 aromatic heterocycles. The fraction of sp³-hybridized carbons (Fsp3) is 0.909. The number of nitrogens with one attached hydrogen (secondary N) is 1. The maximum Gasteiger partial charge on any atom is 0.314 e. The van der Waals surface area contributed by atoms with E-state index in [1.807, 2.05) is 0 Å². The second kappa shape index (κ2) is 7.47. The second-order valence-electron chi connectivity index (χ2n) is 4.59. The van der Waals surface area contributed by atoms with Gasteiger partial charge < -0.3 is 26.2 Å². The molecule has 2 amide bonds. The third kappa shape index (κ3) is 4.89. The van der Waals surface area contributed by atoms with Gasteiger partial charge in [-0.05, 0) is 25.2 Å². The molecule has 0 saturated carbocycles. The number of aliphatic hydroxyl groups is 2. The van der Waals surface area contributed by atoms with Gasteiger partial charge in [-0.2, -0.15) is 0 Å². The Morgan fingerprint density at radius 2 is 2.12 bits per heavy atom. The minimum Gasteiger partial charge on any atom is -0.396 e. The molecule has 1 aliphatic rings. The van der Waals surface area contributed by atoms with Crippen molar-refractivity contribution in [3.63, 3.8) is 0 Å². The van der Waals surface area contributed by atoms with Crippen molar-refractivity contribution in [2.45, 2.75) is 25.3 Å². The molecular formula is C11H23N3O3. The number of rotatable bonds is 6. The highest BCUT2D eigenvalue weighted by Gasteiger charge is 2.28. The zero-order valence-corrected chi connectivity index (χ0v) is 10.1. The van der Waals surface area contributed by atoms with Crippen LogP contribution in [-0.4, -0.2) is 60.0 Å². The van der Waals surface area contributed by atoms with Crippen LogP contribution >= 0.6 is 0 Å². The number of hydrogen-bond acceptors (Lipinski definition) is 4. The number of hydrogen-bond donors (Lipinski definition) is 4. The van der Waals surface area contributed by atoms with Gasteiger partial charge in [-0.3, -0.25) is 0 Å². The van der Waals surface area contributed by atoms with E-state index in [4.69, 9.17) is 15.9 Å². The highest BCUT2D eigenvalue weighted by molar-refractivity contribution is 5.72. The lowest BCUT2D eigenvalue weighted by molar-refractivity contribution is 0.141. The molecule has 6 heteroatoms. The zero-order valence-electron chi connectivity index (χ0n) is 10.1. The smallest absolute Gasteiger partial charge is 0.314 e. The van der Waals surface area contributed by atoms with Crippen molar-refractivity contribution < 1.29 is 15.0 Å². The van der Waals surface area contributed by atoms with Crippen molar-refractivity contribution in [1.82, 2.24) is 10.2 Å². The van der Waals surface area contributed by atoms with Crippen LogP contribution in [0.1, 0.15) is 19.3 Å². The van der Waals surface area contributed by atoms with Crippen molar-refractivity contribution in [3.05, 3.63) is 0 Å². The molecule has 0 aliphatic carbocycles. The summed E-state index contributed by atoms with van der Waals surface area (Å²) in [6, 6.07) is -0.207. The summed E-state index contributed by atoms with van der Waals surface area (Å²) in [6.07, 6.45) is 2.62. The minimum atomic E-state index is -0.394. The first-order chi connectivity index (χ1) is 8.17. The average molecular weight is 245 g/mol. The van der Waals surface area contributed by atoms with Crippen LogP contribution in [0.3, 0.4) is 0 Å². The Balaban J connectivity index is 2.46. The standard InChI is InChI=1S/C11H23N3O3/c12-11(17)14-7-9(2-1-4-15)6-10(8-14)13-3-5-16/h9-10,13,15-16H,1-8H2,(H2,12,17). The number of nitrogens with zero attached hydrogens (tertiary/aromatic N) is 1. The topological polar surface area (TPSA) is 98.8 Å². The summed E-state index contributed by atoms with van der Waals surface area (Å²) in [4.78, 5) is 12.9. The maximum absolute atomic E-state index is 11.2.